The highest BCUT2D eigenvalue weighted by molar-refractivity contribution is 5.38. The maximum absolute atomic E-state index is 9.12. The molecule has 5 heteroatoms. The summed E-state index contributed by atoms with van der Waals surface area (Å²) in [6.45, 7) is 0.684. The predicted molar refractivity (Wildman–Crippen MR) is 63.4 cm³/mol. The van der Waals surface area contributed by atoms with Crippen LogP contribution < -0.4 is 4.90 Å². The fourth-order valence-electron chi connectivity index (χ4n) is 2.34. The molecule has 17 heavy (non-hydrogen) atoms. The van der Waals surface area contributed by atoms with Crippen molar-refractivity contribution in [1.82, 2.24) is 9.97 Å². The molecule has 0 aromatic carbocycles. The molecule has 1 N–H and O–H groups in total. The molecule has 1 heterocycles. The van der Waals surface area contributed by atoms with E-state index in [0.29, 0.717) is 18.3 Å². The van der Waals surface area contributed by atoms with Crippen LogP contribution in [-0.4, -0.2) is 34.3 Å². The maximum Gasteiger partial charge on any atom is 0.158 e. The van der Waals surface area contributed by atoms with Gasteiger partial charge in [-0.2, -0.15) is 5.26 Å². The van der Waals surface area contributed by atoms with Crippen molar-refractivity contribution in [1.29, 1.82) is 5.26 Å². The summed E-state index contributed by atoms with van der Waals surface area (Å²) >= 11 is 0. The molecule has 0 spiro atoms. The number of hydrogen-bond acceptors (Lipinski definition) is 5. The van der Waals surface area contributed by atoms with Crippen molar-refractivity contribution in [3.63, 3.8) is 0 Å². The number of nitrogens with zero attached hydrogens (tertiary/aromatic N) is 4. The number of nitriles is 1. The van der Waals surface area contributed by atoms with Crippen LogP contribution in [0.4, 0.5) is 5.82 Å². The topological polar surface area (TPSA) is 73.0 Å². The zero-order chi connectivity index (χ0) is 12.1. The summed E-state index contributed by atoms with van der Waals surface area (Å²) in [5.74, 6) is 0.755. The Morgan fingerprint density at radius 1 is 1.35 bits per heavy atom. The summed E-state index contributed by atoms with van der Waals surface area (Å²) in [6.07, 6.45) is 7.84. The van der Waals surface area contributed by atoms with E-state index < -0.39 is 0 Å². The highest BCUT2D eigenvalue weighted by atomic mass is 16.3. The van der Waals surface area contributed by atoms with Crippen LogP contribution in [0, 0.1) is 11.3 Å². The first-order chi connectivity index (χ1) is 8.35. The highest BCUT2D eigenvalue weighted by Crippen LogP contribution is 2.26. The zero-order valence-electron chi connectivity index (χ0n) is 9.71. The quantitative estimate of drug-likeness (QED) is 0.841. The van der Waals surface area contributed by atoms with Gasteiger partial charge < -0.3 is 10.0 Å². The van der Waals surface area contributed by atoms with Crippen molar-refractivity contribution in [3.05, 3.63) is 18.1 Å². The minimum atomic E-state index is 0.109. The lowest BCUT2D eigenvalue weighted by Crippen LogP contribution is -2.36. The van der Waals surface area contributed by atoms with E-state index in [1.807, 2.05) is 6.07 Å². The van der Waals surface area contributed by atoms with E-state index in [1.54, 1.807) is 6.20 Å². The Hall–Kier alpha value is -1.67. The van der Waals surface area contributed by atoms with Gasteiger partial charge in [-0.25, -0.2) is 9.97 Å². The third-order valence-corrected chi connectivity index (χ3v) is 3.15. The summed E-state index contributed by atoms with van der Waals surface area (Å²) in [7, 11) is 0. The lowest BCUT2D eigenvalue weighted by molar-refractivity contribution is 0.296. The standard InChI is InChI=1S/C12H16N4O/c13-7-10-8-15-12(9-14-10)16(5-6-17)11-3-1-2-4-11/h8-9,11,17H,1-6H2. The van der Waals surface area contributed by atoms with E-state index in [4.69, 9.17) is 10.4 Å². The molecule has 0 radical (unpaired) electrons. The van der Waals surface area contributed by atoms with Crippen LogP contribution in [0.5, 0.6) is 0 Å². The number of anilines is 1. The van der Waals surface area contributed by atoms with E-state index in [0.717, 1.165) is 18.7 Å². The van der Waals surface area contributed by atoms with Crippen molar-refractivity contribution >= 4 is 5.82 Å². The van der Waals surface area contributed by atoms with Gasteiger partial charge in [-0.3, -0.25) is 0 Å². The second-order valence-corrected chi connectivity index (χ2v) is 4.23. The molecular weight excluding hydrogens is 216 g/mol. The van der Waals surface area contributed by atoms with Gasteiger partial charge >= 0.3 is 0 Å². The van der Waals surface area contributed by atoms with Crippen molar-refractivity contribution in [2.45, 2.75) is 31.7 Å². The Morgan fingerprint density at radius 3 is 2.65 bits per heavy atom. The van der Waals surface area contributed by atoms with Crippen molar-refractivity contribution in [2.24, 2.45) is 0 Å². The molecule has 0 atom stereocenters. The molecule has 0 saturated heterocycles. The van der Waals surface area contributed by atoms with Gasteiger partial charge in [0.05, 0.1) is 19.0 Å². The Bertz CT molecular complexity index is 392. The van der Waals surface area contributed by atoms with Crippen LogP contribution in [0.25, 0.3) is 0 Å². The van der Waals surface area contributed by atoms with Crippen molar-refractivity contribution in [3.8, 4) is 6.07 Å². The molecule has 1 aliphatic carbocycles. The number of aliphatic hydroxyl groups is 1. The van der Waals surface area contributed by atoms with E-state index in [-0.39, 0.29) is 6.61 Å². The van der Waals surface area contributed by atoms with Gasteiger partial charge in [0, 0.05) is 12.6 Å². The smallest absolute Gasteiger partial charge is 0.158 e. The average Bonchev–Trinajstić information content (AvgIpc) is 2.90. The van der Waals surface area contributed by atoms with Gasteiger partial charge in [0.2, 0.25) is 0 Å². The van der Waals surface area contributed by atoms with Crippen LogP contribution in [0.1, 0.15) is 31.4 Å². The zero-order valence-corrected chi connectivity index (χ0v) is 9.71. The molecule has 0 unspecified atom stereocenters. The normalized spacial score (nSPS) is 15.8. The molecule has 1 saturated carbocycles. The first-order valence-electron chi connectivity index (χ1n) is 5.95. The van der Waals surface area contributed by atoms with Gasteiger partial charge in [0.15, 0.2) is 5.69 Å². The van der Waals surface area contributed by atoms with E-state index in [1.165, 1.54) is 19.0 Å². The molecule has 90 valence electrons. The molecule has 0 bridgehead atoms. The van der Waals surface area contributed by atoms with E-state index >= 15 is 0 Å². The monoisotopic (exact) mass is 232 g/mol. The van der Waals surface area contributed by atoms with Gasteiger partial charge in [-0.15, -0.1) is 0 Å². The van der Waals surface area contributed by atoms with Crippen molar-refractivity contribution < 1.29 is 5.11 Å². The van der Waals surface area contributed by atoms with Crippen molar-refractivity contribution in [2.75, 3.05) is 18.1 Å². The molecule has 1 aromatic heterocycles. The molecule has 1 aliphatic rings. The number of hydrogen-bond donors (Lipinski definition) is 1. The van der Waals surface area contributed by atoms with Crippen LogP contribution in [0.2, 0.25) is 0 Å². The first kappa shape index (κ1) is 11.8. The Kier molecular flexibility index (Phi) is 3.89. The molecule has 1 fully saturated rings. The third-order valence-electron chi connectivity index (χ3n) is 3.15. The average molecular weight is 232 g/mol. The second kappa shape index (κ2) is 5.60. The molecule has 2 rings (SSSR count). The third kappa shape index (κ3) is 2.71. The number of aromatic nitrogens is 2. The first-order valence-corrected chi connectivity index (χ1v) is 5.95. The van der Waals surface area contributed by atoms with Gasteiger partial charge in [-0.05, 0) is 12.8 Å². The minimum Gasteiger partial charge on any atom is -0.395 e. The van der Waals surface area contributed by atoms with Gasteiger partial charge in [0.25, 0.3) is 0 Å². The fraction of sp³-hybridized carbons (Fsp3) is 0.583. The van der Waals surface area contributed by atoms with Crippen LogP contribution in [0.15, 0.2) is 12.4 Å². The lowest BCUT2D eigenvalue weighted by atomic mass is 10.2. The number of rotatable bonds is 4. The van der Waals surface area contributed by atoms with Crippen LogP contribution in [0.3, 0.4) is 0 Å². The van der Waals surface area contributed by atoms with E-state index in [9.17, 15) is 0 Å². The Balaban J connectivity index is 2.16. The Morgan fingerprint density at radius 2 is 2.12 bits per heavy atom. The van der Waals surface area contributed by atoms with Crippen LogP contribution >= 0.6 is 0 Å². The molecule has 1 aromatic rings. The fourth-order valence-corrected chi connectivity index (χ4v) is 2.34. The summed E-state index contributed by atoms with van der Waals surface area (Å²) in [5.41, 5.74) is 0.323. The molecular formula is C12H16N4O. The second-order valence-electron chi connectivity index (χ2n) is 4.23. The predicted octanol–water partition coefficient (Wildman–Crippen LogP) is 1.09. The SMILES string of the molecule is N#Cc1cnc(N(CCO)C2CCCC2)cn1. The molecule has 0 aliphatic heterocycles. The summed E-state index contributed by atoms with van der Waals surface area (Å²) in [4.78, 5) is 10.4. The van der Waals surface area contributed by atoms with Gasteiger partial charge in [0.1, 0.15) is 11.9 Å². The minimum absolute atomic E-state index is 0.109. The van der Waals surface area contributed by atoms with Gasteiger partial charge in [-0.1, -0.05) is 12.8 Å². The highest BCUT2D eigenvalue weighted by Gasteiger charge is 2.23. The Labute approximate surface area is 101 Å². The maximum atomic E-state index is 9.12. The van der Waals surface area contributed by atoms with E-state index in [2.05, 4.69) is 14.9 Å². The molecule has 5 nitrogen and oxygen atoms in total. The molecule has 0 amide bonds. The summed E-state index contributed by atoms with van der Waals surface area (Å²) in [6, 6.07) is 2.40. The lowest BCUT2D eigenvalue weighted by Gasteiger charge is -2.28. The number of aliphatic hydroxyl groups excluding tert-OH is 1. The van der Waals surface area contributed by atoms with Crippen LogP contribution in [-0.2, 0) is 0 Å². The summed E-state index contributed by atoms with van der Waals surface area (Å²) in [5, 5.41) is 17.8. The largest absolute Gasteiger partial charge is 0.395 e. The summed E-state index contributed by atoms with van der Waals surface area (Å²) < 4.78 is 0.